The number of piperidine rings is 1. The predicted octanol–water partition coefficient (Wildman–Crippen LogP) is 0.0124. The minimum Gasteiger partial charge on any atom is -0.394 e. The molecule has 1 aliphatic rings. The molecule has 0 aromatic carbocycles. The van der Waals surface area contributed by atoms with E-state index in [0.29, 0.717) is 0 Å². The minimum absolute atomic E-state index is 0.00167. The van der Waals surface area contributed by atoms with Crippen molar-refractivity contribution < 1.29 is 4.79 Å². The first-order valence-electron chi connectivity index (χ1n) is 5.84. The Morgan fingerprint density at radius 1 is 1.41 bits per heavy atom. The fraction of sp³-hybridized carbons (Fsp3) is 0.636. The molecule has 6 nitrogen and oxygen atoms in total. The van der Waals surface area contributed by atoms with Gasteiger partial charge in [0, 0.05) is 26.1 Å². The molecule has 0 unspecified atom stereocenters. The van der Waals surface area contributed by atoms with Crippen molar-refractivity contribution in [2.24, 2.45) is 18.7 Å². The zero-order valence-electron chi connectivity index (χ0n) is 10.3. The standard InChI is InChI=1S/C11H19N5O/c1-7-9(12)11(15(2)14-7)16-5-3-8(4-6-16)10(13)17/h8H,3-6,12H2,1-2H3,(H2,13,17). The molecule has 94 valence electrons. The molecule has 1 aliphatic heterocycles. The zero-order valence-corrected chi connectivity index (χ0v) is 10.3. The Morgan fingerprint density at radius 3 is 2.41 bits per heavy atom. The maximum atomic E-state index is 11.1. The summed E-state index contributed by atoms with van der Waals surface area (Å²) in [4.78, 5) is 13.3. The van der Waals surface area contributed by atoms with E-state index in [0.717, 1.165) is 43.1 Å². The minimum atomic E-state index is -0.196. The Hall–Kier alpha value is -1.72. The number of nitrogen functional groups attached to an aromatic ring is 1. The molecule has 6 heteroatoms. The number of anilines is 2. The van der Waals surface area contributed by atoms with Crippen LogP contribution in [0.3, 0.4) is 0 Å². The summed E-state index contributed by atoms with van der Waals surface area (Å²) in [6.45, 7) is 3.50. The van der Waals surface area contributed by atoms with Gasteiger partial charge in [-0.05, 0) is 19.8 Å². The normalized spacial score (nSPS) is 17.4. The second kappa shape index (κ2) is 4.27. The highest BCUT2D eigenvalue weighted by molar-refractivity contribution is 5.77. The Balaban J connectivity index is 2.13. The van der Waals surface area contributed by atoms with Crippen LogP contribution in [0.2, 0.25) is 0 Å². The fourth-order valence-electron chi connectivity index (χ4n) is 2.41. The van der Waals surface area contributed by atoms with Crippen molar-refractivity contribution >= 4 is 17.4 Å². The second-order valence-corrected chi connectivity index (χ2v) is 4.61. The number of nitrogens with two attached hydrogens (primary N) is 2. The maximum Gasteiger partial charge on any atom is 0.220 e. The Morgan fingerprint density at radius 2 is 2.00 bits per heavy atom. The highest BCUT2D eigenvalue weighted by Crippen LogP contribution is 2.29. The van der Waals surface area contributed by atoms with Gasteiger partial charge in [0.15, 0.2) is 0 Å². The smallest absolute Gasteiger partial charge is 0.220 e. The average molecular weight is 237 g/mol. The molecule has 1 saturated heterocycles. The van der Waals surface area contributed by atoms with Gasteiger partial charge in [0.25, 0.3) is 0 Å². The lowest BCUT2D eigenvalue weighted by Crippen LogP contribution is -2.39. The summed E-state index contributed by atoms with van der Waals surface area (Å²) in [6, 6.07) is 0. The number of primary amides is 1. The lowest BCUT2D eigenvalue weighted by molar-refractivity contribution is -0.122. The maximum absolute atomic E-state index is 11.1. The number of rotatable bonds is 2. The van der Waals surface area contributed by atoms with E-state index in [1.807, 2.05) is 14.0 Å². The summed E-state index contributed by atoms with van der Waals surface area (Å²) in [5.41, 5.74) is 12.9. The Bertz CT molecular complexity index is 431. The zero-order chi connectivity index (χ0) is 12.6. The molecule has 4 N–H and O–H groups in total. The van der Waals surface area contributed by atoms with Gasteiger partial charge in [-0.3, -0.25) is 9.48 Å². The largest absolute Gasteiger partial charge is 0.394 e. The third-order valence-electron chi connectivity index (χ3n) is 3.43. The Labute approximate surface area is 101 Å². The first-order valence-corrected chi connectivity index (χ1v) is 5.84. The molecule has 2 heterocycles. The van der Waals surface area contributed by atoms with Crippen LogP contribution >= 0.6 is 0 Å². The summed E-state index contributed by atoms with van der Waals surface area (Å²) in [5, 5.41) is 4.30. The molecule has 0 atom stereocenters. The lowest BCUT2D eigenvalue weighted by atomic mass is 9.96. The van der Waals surface area contributed by atoms with Crippen molar-refractivity contribution in [3.63, 3.8) is 0 Å². The van der Waals surface area contributed by atoms with E-state index in [-0.39, 0.29) is 11.8 Å². The van der Waals surface area contributed by atoms with Crippen molar-refractivity contribution in [1.29, 1.82) is 0 Å². The number of hydrogen-bond acceptors (Lipinski definition) is 4. The van der Waals surface area contributed by atoms with E-state index in [1.54, 1.807) is 4.68 Å². The Kier molecular flexibility index (Phi) is 2.95. The quantitative estimate of drug-likeness (QED) is 0.758. The van der Waals surface area contributed by atoms with Crippen LogP contribution in [0.5, 0.6) is 0 Å². The monoisotopic (exact) mass is 237 g/mol. The van der Waals surface area contributed by atoms with Crippen molar-refractivity contribution in [3.8, 4) is 0 Å². The van der Waals surface area contributed by atoms with E-state index in [9.17, 15) is 4.79 Å². The molecule has 2 rings (SSSR count). The van der Waals surface area contributed by atoms with Gasteiger partial charge < -0.3 is 16.4 Å². The SMILES string of the molecule is Cc1nn(C)c(N2CCC(C(N)=O)CC2)c1N. The number of carbonyl (C=O) groups excluding carboxylic acids is 1. The first-order chi connectivity index (χ1) is 8.00. The molecule has 1 amide bonds. The fourth-order valence-corrected chi connectivity index (χ4v) is 2.41. The van der Waals surface area contributed by atoms with Crippen molar-refractivity contribution in [1.82, 2.24) is 9.78 Å². The highest BCUT2D eigenvalue weighted by Gasteiger charge is 2.26. The van der Waals surface area contributed by atoms with Gasteiger partial charge in [0.1, 0.15) is 5.82 Å². The lowest BCUT2D eigenvalue weighted by Gasteiger charge is -2.32. The van der Waals surface area contributed by atoms with E-state index in [2.05, 4.69) is 10.00 Å². The molecule has 0 spiro atoms. The molecule has 0 saturated carbocycles. The van der Waals surface area contributed by atoms with Gasteiger partial charge >= 0.3 is 0 Å². The van der Waals surface area contributed by atoms with Gasteiger partial charge in [0.05, 0.1) is 11.4 Å². The van der Waals surface area contributed by atoms with Crippen LogP contribution in [-0.4, -0.2) is 28.8 Å². The average Bonchev–Trinajstić information content (AvgIpc) is 2.53. The van der Waals surface area contributed by atoms with E-state index in [1.165, 1.54) is 0 Å². The highest BCUT2D eigenvalue weighted by atomic mass is 16.1. The topological polar surface area (TPSA) is 90.2 Å². The number of amides is 1. The van der Waals surface area contributed by atoms with Gasteiger partial charge in [-0.1, -0.05) is 0 Å². The van der Waals surface area contributed by atoms with Crippen LogP contribution in [0.4, 0.5) is 11.5 Å². The van der Waals surface area contributed by atoms with Crippen molar-refractivity contribution in [3.05, 3.63) is 5.69 Å². The summed E-state index contributed by atoms with van der Waals surface area (Å²) in [7, 11) is 1.89. The number of aryl methyl sites for hydroxylation is 2. The number of nitrogens with zero attached hydrogens (tertiary/aromatic N) is 3. The summed E-state index contributed by atoms with van der Waals surface area (Å²) in [5.74, 6) is 0.756. The van der Waals surface area contributed by atoms with Crippen LogP contribution in [0.15, 0.2) is 0 Å². The summed E-state index contributed by atoms with van der Waals surface area (Å²) < 4.78 is 1.80. The molecule has 1 aromatic rings. The number of carbonyl (C=O) groups is 1. The van der Waals surface area contributed by atoms with Gasteiger partial charge in [-0.25, -0.2) is 0 Å². The van der Waals surface area contributed by atoms with Crippen LogP contribution < -0.4 is 16.4 Å². The molecule has 17 heavy (non-hydrogen) atoms. The molecule has 0 aliphatic carbocycles. The number of aromatic nitrogens is 2. The summed E-state index contributed by atoms with van der Waals surface area (Å²) >= 11 is 0. The molecular weight excluding hydrogens is 218 g/mol. The van der Waals surface area contributed by atoms with Crippen LogP contribution in [0, 0.1) is 12.8 Å². The third kappa shape index (κ3) is 2.07. The van der Waals surface area contributed by atoms with Crippen LogP contribution in [0.1, 0.15) is 18.5 Å². The molecule has 1 fully saturated rings. The van der Waals surface area contributed by atoms with Gasteiger partial charge in [-0.15, -0.1) is 0 Å². The van der Waals surface area contributed by atoms with E-state index >= 15 is 0 Å². The molecule has 0 bridgehead atoms. The molecule has 0 radical (unpaired) electrons. The second-order valence-electron chi connectivity index (χ2n) is 4.61. The predicted molar refractivity (Wildman–Crippen MR) is 66.5 cm³/mol. The number of hydrogen-bond donors (Lipinski definition) is 2. The third-order valence-corrected chi connectivity index (χ3v) is 3.43. The van der Waals surface area contributed by atoms with Gasteiger partial charge in [0.2, 0.25) is 5.91 Å². The van der Waals surface area contributed by atoms with Crippen LogP contribution in [0.25, 0.3) is 0 Å². The van der Waals surface area contributed by atoms with E-state index < -0.39 is 0 Å². The first kappa shape index (κ1) is 11.8. The molecule has 1 aromatic heterocycles. The molecular formula is C11H19N5O. The van der Waals surface area contributed by atoms with Crippen molar-refractivity contribution in [2.45, 2.75) is 19.8 Å². The van der Waals surface area contributed by atoms with Gasteiger partial charge in [-0.2, -0.15) is 5.10 Å². The summed E-state index contributed by atoms with van der Waals surface area (Å²) in [6.07, 6.45) is 1.58. The van der Waals surface area contributed by atoms with Crippen LogP contribution in [-0.2, 0) is 11.8 Å². The van der Waals surface area contributed by atoms with E-state index in [4.69, 9.17) is 11.5 Å². The van der Waals surface area contributed by atoms with Crippen molar-refractivity contribution in [2.75, 3.05) is 23.7 Å².